The fourth-order valence-electron chi connectivity index (χ4n) is 2.86. The molecular formula is C12H22N2O4S. The van der Waals surface area contributed by atoms with E-state index in [1.165, 1.54) is 0 Å². The van der Waals surface area contributed by atoms with Crippen LogP contribution in [0.5, 0.6) is 0 Å². The first-order valence-electron chi connectivity index (χ1n) is 6.70. The maximum Gasteiger partial charge on any atom is 0.234 e. The molecule has 0 aromatic heterocycles. The molecule has 2 aliphatic heterocycles. The molecule has 0 bridgehead atoms. The van der Waals surface area contributed by atoms with Gasteiger partial charge < -0.3 is 10.4 Å². The molecule has 2 rings (SSSR count). The van der Waals surface area contributed by atoms with E-state index in [0.717, 1.165) is 19.4 Å². The molecule has 0 aromatic rings. The number of nitrogens with one attached hydrogen (secondary N) is 1. The van der Waals surface area contributed by atoms with E-state index >= 15 is 0 Å². The molecule has 2 heterocycles. The molecular weight excluding hydrogens is 268 g/mol. The highest BCUT2D eigenvalue weighted by molar-refractivity contribution is 7.91. The van der Waals surface area contributed by atoms with Gasteiger partial charge in [-0.25, -0.2) is 8.42 Å². The first kappa shape index (κ1) is 14.7. The molecule has 6 nitrogen and oxygen atoms in total. The number of carbonyl (C=O) groups excluding carboxylic acids is 1. The zero-order valence-electron chi connectivity index (χ0n) is 11.3. The summed E-state index contributed by atoms with van der Waals surface area (Å²) in [7, 11) is -3.01. The van der Waals surface area contributed by atoms with Gasteiger partial charge in [0.05, 0.1) is 29.7 Å². The third kappa shape index (κ3) is 4.15. The summed E-state index contributed by atoms with van der Waals surface area (Å²) in [5.41, 5.74) is -0.635. The zero-order chi connectivity index (χ0) is 14.1. The third-order valence-electron chi connectivity index (χ3n) is 3.79. The van der Waals surface area contributed by atoms with Crippen LogP contribution in [0.4, 0.5) is 0 Å². The van der Waals surface area contributed by atoms with E-state index in [1.54, 1.807) is 6.92 Å². The van der Waals surface area contributed by atoms with Crippen LogP contribution in [-0.2, 0) is 14.6 Å². The molecule has 0 radical (unpaired) electrons. The zero-order valence-corrected chi connectivity index (χ0v) is 12.1. The monoisotopic (exact) mass is 290 g/mol. The minimum atomic E-state index is -3.01. The molecule has 2 N–H and O–H groups in total. The quantitative estimate of drug-likeness (QED) is 0.706. The summed E-state index contributed by atoms with van der Waals surface area (Å²) in [6.07, 6.45) is 1.79. The molecule has 110 valence electrons. The van der Waals surface area contributed by atoms with E-state index in [9.17, 15) is 18.3 Å². The highest BCUT2D eigenvalue weighted by Gasteiger charge is 2.39. The Morgan fingerprint density at radius 3 is 2.84 bits per heavy atom. The Kier molecular flexibility index (Phi) is 4.17. The molecule has 0 spiro atoms. The van der Waals surface area contributed by atoms with Gasteiger partial charge in [0.1, 0.15) is 0 Å². The van der Waals surface area contributed by atoms with Gasteiger partial charge in [0, 0.05) is 6.54 Å². The number of hydrogen-bond acceptors (Lipinski definition) is 5. The van der Waals surface area contributed by atoms with Gasteiger partial charge in [-0.1, -0.05) is 0 Å². The number of piperidine rings is 1. The average Bonchev–Trinajstić information content (AvgIpc) is 2.52. The van der Waals surface area contributed by atoms with Crippen LogP contribution in [0.15, 0.2) is 0 Å². The van der Waals surface area contributed by atoms with Crippen molar-refractivity contribution >= 4 is 15.7 Å². The maximum atomic E-state index is 12.0. The van der Waals surface area contributed by atoms with Gasteiger partial charge >= 0.3 is 0 Å². The average molecular weight is 290 g/mol. The lowest BCUT2D eigenvalue weighted by atomic mass is 10.0. The van der Waals surface area contributed by atoms with E-state index < -0.39 is 15.4 Å². The number of rotatable bonds is 3. The van der Waals surface area contributed by atoms with Crippen molar-refractivity contribution in [2.24, 2.45) is 0 Å². The summed E-state index contributed by atoms with van der Waals surface area (Å²) in [5, 5.41) is 12.4. The molecule has 2 fully saturated rings. The predicted octanol–water partition coefficient (Wildman–Crippen LogP) is -0.863. The van der Waals surface area contributed by atoms with Gasteiger partial charge in [-0.05, 0) is 32.7 Å². The number of nitrogens with zero attached hydrogens (tertiary/aromatic N) is 1. The number of hydrogen-bond donors (Lipinski definition) is 2. The summed E-state index contributed by atoms with van der Waals surface area (Å²) in [5.74, 6) is 0.00862. The number of aliphatic hydroxyl groups is 1. The molecule has 0 saturated carbocycles. The first-order chi connectivity index (χ1) is 8.78. The summed E-state index contributed by atoms with van der Waals surface area (Å²) in [4.78, 5) is 13.9. The van der Waals surface area contributed by atoms with E-state index in [-0.39, 0.29) is 30.1 Å². The lowest BCUT2D eigenvalue weighted by Gasteiger charge is -2.31. The number of carbonyl (C=O) groups is 1. The Morgan fingerprint density at radius 1 is 1.53 bits per heavy atom. The summed E-state index contributed by atoms with van der Waals surface area (Å²) >= 11 is 0. The first-order valence-corrected chi connectivity index (χ1v) is 8.52. The topological polar surface area (TPSA) is 86.7 Å². The van der Waals surface area contributed by atoms with Crippen molar-refractivity contribution in [2.45, 2.75) is 37.8 Å². The third-order valence-corrected chi connectivity index (χ3v) is 5.70. The fourth-order valence-corrected chi connectivity index (χ4v) is 4.96. The molecule has 1 unspecified atom stereocenters. The largest absolute Gasteiger partial charge is 0.392 e. The standard InChI is InChI=1S/C12H22N2O4S/c1-12(4-6-19(17,18)9-12)13-11(16)8-14-5-2-3-10(15)7-14/h10,15H,2-9H2,1H3,(H,13,16)/t10-,12?/m0/s1. The normalized spacial score (nSPS) is 35.2. The van der Waals surface area contributed by atoms with Crippen LogP contribution < -0.4 is 5.32 Å². The molecule has 2 aliphatic rings. The van der Waals surface area contributed by atoms with Gasteiger partial charge in [-0.3, -0.25) is 9.69 Å². The Bertz CT molecular complexity index is 451. The second-order valence-corrected chi connectivity index (χ2v) is 8.17. The van der Waals surface area contributed by atoms with Gasteiger partial charge in [0.25, 0.3) is 0 Å². The lowest BCUT2D eigenvalue weighted by Crippen LogP contribution is -2.51. The van der Waals surface area contributed by atoms with Crippen LogP contribution in [0.3, 0.4) is 0 Å². The van der Waals surface area contributed by atoms with E-state index in [0.29, 0.717) is 13.0 Å². The van der Waals surface area contributed by atoms with Crippen molar-refractivity contribution < 1.29 is 18.3 Å². The Balaban J connectivity index is 1.84. The second kappa shape index (κ2) is 5.38. The highest BCUT2D eigenvalue weighted by atomic mass is 32.2. The van der Waals surface area contributed by atoms with Crippen molar-refractivity contribution in [2.75, 3.05) is 31.1 Å². The van der Waals surface area contributed by atoms with Crippen LogP contribution in [0.1, 0.15) is 26.2 Å². The molecule has 0 aromatic carbocycles. The van der Waals surface area contributed by atoms with Crippen molar-refractivity contribution in [3.05, 3.63) is 0 Å². The molecule has 2 saturated heterocycles. The van der Waals surface area contributed by atoms with Crippen molar-refractivity contribution in [1.82, 2.24) is 10.2 Å². The predicted molar refractivity (Wildman–Crippen MR) is 71.5 cm³/mol. The van der Waals surface area contributed by atoms with Crippen LogP contribution in [0, 0.1) is 0 Å². The van der Waals surface area contributed by atoms with Crippen LogP contribution in [0.25, 0.3) is 0 Å². The van der Waals surface area contributed by atoms with Gasteiger partial charge in [-0.2, -0.15) is 0 Å². The van der Waals surface area contributed by atoms with Gasteiger partial charge in [0.15, 0.2) is 9.84 Å². The number of amides is 1. The highest BCUT2D eigenvalue weighted by Crippen LogP contribution is 2.22. The maximum absolute atomic E-state index is 12.0. The lowest BCUT2D eigenvalue weighted by molar-refractivity contribution is -0.124. The van der Waals surface area contributed by atoms with E-state index in [2.05, 4.69) is 5.32 Å². The fraction of sp³-hybridized carbons (Fsp3) is 0.917. The van der Waals surface area contributed by atoms with Crippen molar-refractivity contribution in [1.29, 1.82) is 0 Å². The smallest absolute Gasteiger partial charge is 0.234 e. The SMILES string of the molecule is CC1(NC(=O)CN2CCC[C@H](O)C2)CCS(=O)(=O)C1. The number of β-amino-alcohol motifs (C(OH)–C–C–N with tert-alkyl or cyclic N) is 1. The van der Waals surface area contributed by atoms with Gasteiger partial charge in [-0.15, -0.1) is 0 Å². The van der Waals surface area contributed by atoms with E-state index in [4.69, 9.17) is 0 Å². The molecule has 7 heteroatoms. The number of likely N-dealkylation sites (tertiary alicyclic amines) is 1. The molecule has 19 heavy (non-hydrogen) atoms. The second-order valence-electron chi connectivity index (χ2n) is 5.98. The van der Waals surface area contributed by atoms with Crippen molar-refractivity contribution in [3.63, 3.8) is 0 Å². The van der Waals surface area contributed by atoms with E-state index in [1.807, 2.05) is 4.90 Å². The number of aliphatic hydroxyl groups excluding tert-OH is 1. The molecule has 2 atom stereocenters. The minimum absolute atomic E-state index is 0.0222. The summed E-state index contributed by atoms with van der Waals surface area (Å²) in [6, 6.07) is 0. The van der Waals surface area contributed by atoms with Crippen LogP contribution >= 0.6 is 0 Å². The van der Waals surface area contributed by atoms with Crippen LogP contribution in [-0.4, -0.2) is 67.1 Å². The van der Waals surface area contributed by atoms with Crippen molar-refractivity contribution in [3.8, 4) is 0 Å². The Hall–Kier alpha value is -0.660. The number of sulfone groups is 1. The Morgan fingerprint density at radius 2 is 2.26 bits per heavy atom. The molecule has 1 amide bonds. The Labute approximate surface area is 114 Å². The van der Waals surface area contributed by atoms with Crippen LogP contribution in [0.2, 0.25) is 0 Å². The van der Waals surface area contributed by atoms with Gasteiger partial charge in [0.2, 0.25) is 5.91 Å². The summed E-state index contributed by atoms with van der Waals surface area (Å²) < 4.78 is 22.9. The minimum Gasteiger partial charge on any atom is -0.392 e. The molecule has 0 aliphatic carbocycles. The summed E-state index contributed by atoms with van der Waals surface area (Å²) in [6.45, 7) is 3.33.